The third kappa shape index (κ3) is 19.1. The third-order valence-electron chi connectivity index (χ3n) is 13.8. The number of allylic oxidation sites excluding steroid dienone is 7. The fourth-order valence-corrected chi connectivity index (χ4v) is 10.5. The smallest absolute Gasteiger partial charge is 0.314 e. The van der Waals surface area contributed by atoms with E-state index in [1.807, 2.05) is 25.1 Å². The zero-order valence-corrected chi connectivity index (χ0v) is 43.8. The lowest BCUT2D eigenvalue weighted by Crippen LogP contribution is -2.35. The molecular weight excluding hydrogens is 983 g/mol. The summed E-state index contributed by atoms with van der Waals surface area (Å²) < 4.78 is 45.9. The minimum absolute atomic E-state index is 0.144. The molecule has 406 valence electrons. The van der Waals surface area contributed by atoms with E-state index in [4.69, 9.17) is 42.9 Å². The first-order valence-electron chi connectivity index (χ1n) is 26.6. The van der Waals surface area contributed by atoms with Gasteiger partial charge in [-0.3, -0.25) is 19.4 Å². The lowest BCUT2D eigenvalue weighted by atomic mass is 9.81. The van der Waals surface area contributed by atoms with Gasteiger partial charge in [0.1, 0.15) is 52.5 Å². The summed E-state index contributed by atoms with van der Waals surface area (Å²) in [5.41, 5.74) is -0.144. The number of aliphatic hydroxyl groups is 3. The molecule has 17 nitrogen and oxygen atoms in total. The van der Waals surface area contributed by atoms with Crippen LogP contribution in [0.2, 0.25) is 0 Å². The Hall–Kier alpha value is -5.73. The van der Waals surface area contributed by atoms with Crippen LogP contribution in [0, 0.1) is 46.3 Å². The van der Waals surface area contributed by atoms with Crippen molar-refractivity contribution in [1.82, 2.24) is 0 Å². The number of nitrogens with zero attached hydrogens (tertiary/aromatic N) is 3. The molecule has 1 aromatic rings. The van der Waals surface area contributed by atoms with Crippen LogP contribution in [-0.2, 0) is 42.8 Å². The number of carbonyl (C=O) groups excluding carboxylic acids is 3. The molecule has 5 aliphatic rings. The van der Waals surface area contributed by atoms with Gasteiger partial charge in [0.25, 0.3) is 0 Å². The molecule has 2 saturated carbocycles. The fraction of sp³-hybridized carbons (Fsp3) is 0.579. The normalized spacial score (nSPS) is 23.3. The number of aliphatic hydroxyl groups excluding tert-OH is 3. The van der Waals surface area contributed by atoms with E-state index in [1.54, 1.807) is 42.5 Å². The van der Waals surface area contributed by atoms with Gasteiger partial charge in [-0.25, -0.2) is 0 Å². The van der Waals surface area contributed by atoms with E-state index in [9.17, 15) is 40.2 Å². The van der Waals surface area contributed by atoms with Gasteiger partial charge in [0, 0.05) is 25.4 Å². The number of hydrogen-bond acceptors (Lipinski definition) is 18. The molecule has 0 spiro atoms. The number of fused-ring (bicyclic) bond motifs is 1. The summed E-state index contributed by atoms with van der Waals surface area (Å²) in [4.78, 5) is 44.7. The van der Waals surface area contributed by atoms with Crippen LogP contribution in [0.1, 0.15) is 129 Å². The van der Waals surface area contributed by atoms with Crippen LogP contribution in [0.4, 0.5) is 0 Å². The monoisotopic (exact) mass is 1060 g/mol. The average Bonchev–Trinajstić information content (AvgIpc) is 3.87. The molecule has 0 bridgehead atoms. The van der Waals surface area contributed by atoms with E-state index >= 15 is 0 Å². The van der Waals surface area contributed by atoms with Crippen molar-refractivity contribution in [3.05, 3.63) is 95.9 Å². The molecule has 1 heterocycles. The molecule has 2 fully saturated rings. The first kappa shape index (κ1) is 58.5. The SMILES string of the molecule is C=CC(O)OCCCCCCOc1ccc(OC(=O)C2CCC(C(=O)OC3=CC=C(OC(O)C4CCC(C(=O)OC5=CC=C(OCCCCCCOC(O)CC)CC5)CC4)C4SC(C=C(C#N)C#N)=NC34)CC2)cc1. The van der Waals surface area contributed by atoms with Crippen molar-refractivity contribution in [3.8, 4) is 23.6 Å². The molecule has 1 aliphatic heterocycles. The van der Waals surface area contributed by atoms with Gasteiger partial charge in [0.05, 0.1) is 53.6 Å². The zero-order valence-electron chi connectivity index (χ0n) is 43.0. The maximum absolute atomic E-state index is 13.6. The second kappa shape index (κ2) is 31.3. The number of carbonyl (C=O) groups is 3. The van der Waals surface area contributed by atoms with Gasteiger partial charge >= 0.3 is 17.9 Å². The highest BCUT2D eigenvalue weighted by atomic mass is 32.2. The van der Waals surface area contributed by atoms with E-state index in [-0.39, 0.29) is 41.0 Å². The lowest BCUT2D eigenvalue weighted by Gasteiger charge is -2.33. The van der Waals surface area contributed by atoms with Crippen LogP contribution in [0.3, 0.4) is 0 Å². The van der Waals surface area contributed by atoms with Gasteiger partial charge < -0.3 is 53.2 Å². The van der Waals surface area contributed by atoms with Crippen LogP contribution >= 0.6 is 11.8 Å². The van der Waals surface area contributed by atoms with Gasteiger partial charge in [-0.2, -0.15) is 10.5 Å². The Morgan fingerprint density at radius 3 is 1.81 bits per heavy atom. The van der Waals surface area contributed by atoms with E-state index < -0.39 is 42.0 Å². The van der Waals surface area contributed by atoms with Gasteiger partial charge in [0.15, 0.2) is 18.9 Å². The summed E-state index contributed by atoms with van der Waals surface area (Å²) in [5.74, 6) is 0.681. The predicted octanol–water partition coefficient (Wildman–Crippen LogP) is 9.61. The Morgan fingerprint density at radius 1 is 0.680 bits per heavy atom. The van der Waals surface area contributed by atoms with Gasteiger partial charge in [0.2, 0.25) is 0 Å². The Labute approximate surface area is 444 Å². The first-order chi connectivity index (χ1) is 36.5. The Kier molecular flexibility index (Phi) is 24.5. The number of aliphatic imine (C=N–C) groups is 1. The van der Waals surface area contributed by atoms with Crippen LogP contribution in [0.25, 0.3) is 0 Å². The number of rotatable bonds is 30. The number of unbranched alkanes of at least 4 members (excludes halogenated alkanes) is 6. The Balaban J connectivity index is 0.922. The number of esters is 3. The highest BCUT2D eigenvalue weighted by molar-refractivity contribution is 8.15. The summed E-state index contributed by atoms with van der Waals surface area (Å²) in [7, 11) is 0. The summed E-state index contributed by atoms with van der Waals surface area (Å²) >= 11 is 1.24. The van der Waals surface area contributed by atoms with Gasteiger partial charge in [-0.15, -0.1) is 0 Å². The average molecular weight is 1060 g/mol. The van der Waals surface area contributed by atoms with Crippen molar-refractivity contribution in [1.29, 1.82) is 10.5 Å². The quantitative estimate of drug-likeness (QED) is 0.0162. The van der Waals surface area contributed by atoms with Crippen molar-refractivity contribution < 1.29 is 67.6 Å². The fourth-order valence-electron chi connectivity index (χ4n) is 9.28. The lowest BCUT2D eigenvalue weighted by molar-refractivity contribution is -0.150. The second-order valence-electron chi connectivity index (χ2n) is 19.3. The molecule has 0 amide bonds. The number of nitriles is 2. The molecule has 0 radical (unpaired) electrons. The maximum Gasteiger partial charge on any atom is 0.314 e. The van der Waals surface area contributed by atoms with E-state index in [0.29, 0.717) is 125 Å². The number of benzene rings is 1. The van der Waals surface area contributed by atoms with Gasteiger partial charge in [-0.1, -0.05) is 38.1 Å². The van der Waals surface area contributed by atoms with Crippen LogP contribution in [0.15, 0.2) is 101 Å². The van der Waals surface area contributed by atoms with Crippen molar-refractivity contribution in [2.75, 3.05) is 26.4 Å². The molecule has 3 N–H and O–H groups in total. The summed E-state index contributed by atoms with van der Waals surface area (Å²) in [5, 5.41) is 48.9. The highest BCUT2D eigenvalue weighted by Gasteiger charge is 2.43. The highest BCUT2D eigenvalue weighted by Crippen LogP contribution is 2.43. The van der Waals surface area contributed by atoms with E-state index in [0.717, 1.165) is 57.1 Å². The van der Waals surface area contributed by atoms with Crippen molar-refractivity contribution in [2.45, 2.75) is 159 Å². The third-order valence-corrected chi connectivity index (χ3v) is 15.0. The molecule has 0 aromatic heterocycles. The molecule has 75 heavy (non-hydrogen) atoms. The molecule has 4 aliphatic carbocycles. The number of thioether (sulfide) groups is 1. The van der Waals surface area contributed by atoms with E-state index in [2.05, 4.69) is 6.58 Å². The van der Waals surface area contributed by atoms with Crippen LogP contribution in [-0.4, -0.2) is 94.9 Å². The Bertz CT molecular complexity index is 2320. The summed E-state index contributed by atoms with van der Waals surface area (Å²) in [6, 6.07) is 9.87. The van der Waals surface area contributed by atoms with Crippen LogP contribution < -0.4 is 9.47 Å². The van der Waals surface area contributed by atoms with Crippen LogP contribution in [0.5, 0.6) is 11.5 Å². The molecule has 0 saturated heterocycles. The molecule has 5 unspecified atom stereocenters. The molecule has 5 atom stereocenters. The molecular formula is C57H73N3O14S. The largest absolute Gasteiger partial charge is 0.498 e. The molecule has 6 rings (SSSR count). The summed E-state index contributed by atoms with van der Waals surface area (Å²) in [6.07, 6.45) is 19.9. The zero-order chi connectivity index (χ0) is 53.4. The number of hydrogen-bond donors (Lipinski definition) is 3. The minimum Gasteiger partial charge on any atom is -0.498 e. The molecule has 18 heteroatoms. The van der Waals surface area contributed by atoms with E-state index in [1.165, 1.54) is 23.9 Å². The second-order valence-corrected chi connectivity index (χ2v) is 20.5. The van der Waals surface area contributed by atoms with Crippen molar-refractivity contribution >= 4 is 34.7 Å². The Morgan fingerprint density at radius 2 is 1.21 bits per heavy atom. The standard InChI is InChI=1S/C57H73N3O14S/c1-3-50(61)69-33-11-7-5-9-31-67-43-21-25-45(26-22-43)71-54(63)39-13-17-41(18-14-39)56(65)73-47-29-30-48(53-52(47)60-49(75-53)35-38(36-58)37-59)74-57(66)42-19-15-40(16-20-42)55(64)72-46-27-23-44(24-28-46)68-32-10-6-8-12-34-70-51(62)4-2/h3,21-23,25-27,29-30,35,39-42,50-53,57,61-62,66H,1,4-20,24,28,31-34H2,2H3. The maximum atomic E-state index is 13.6. The van der Waals surface area contributed by atoms with Crippen molar-refractivity contribution in [3.63, 3.8) is 0 Å². The topological polar surface area (TPSA) is 246 Å². The van der Waals surface area contributed by atoms with Crippen molar-refractivity contribution in [2.24, 2.45) is 28.7 Å². The molecule has 1 aromatic carbocycles. The first-order valence-corrected chi connectivity index (χ1v) is 27.5. The number of ether oxygens (including phenoxy) is 8. The summed E-state index contributed by atoms with van der Waals surface area (Å²) in [6.45, 7) is 7.53. The minimum atomic E-state index is -1.20. The predicted molar refractivity (Wildman–Crippen MR) is 279 cm³/mol. The van der Waals surface area contributed by atoms with Gasteiger partial charge in [-0.05, 0) is 157 Å².